The molecule has 1 atom stereocenters. The minimum Gasteiger partial charge on any atom is -0.464 e. The van der Waals surface area contributed by atoms with Gasteiger partial charge in [-0.05, 0) is 13.3 Å². The Morgan fingerprint density at radius 2 is 1.69 bits per heavy atom. The van der Waals surface area contributed by atoms with Crippen LogP contribution in [-0.2, 0) is 19.0 Å². The van der Waals surface area contributed by atoms with Gasteiger partial charge in [0, 0.05) is 14.2 Å². The molecule has 1 unspecified atom stereocenters. The van der Waals surface area contributed by atoms with E-state index in [1.165, 1.54) is 6.92 Å². The molecule has 0 aliphatic heterocycles. The van der Waals surface area contributed by atoms with Crippen LogP contribution in [0.3, 0.4) is 0 Å². The zero-order chi connectivity index (χ0) is 12.8. The van der Waals surface area contributed by atoms with Crippen molar-refractivity contribution in [3.05, 3.63) is 0 Å². The first-order valence-electron chi connectivity index (χ1n) is 5.42. The maximum absolute atomic E-state index is 10.5. The Bertz CT molecular complexity index is 143. The molecule has 98 valence electrons. The molecule has 0 saturated carbocycles. The highest BCUT2D eigenvalue weighted by Crippen LogP contribution is 1.91. The molecule has 0 radical (unpaired) electrons. The van der Waals surface area contributed by atoms with Crippen LogP contribution in [0.2, 0.25) is 0 Å². The van der Waals surface area contributed by atoms with Gasteiger partial charge < -0.3 is 19.3 Å². The third-order valence-electron chi connectivity index (χ3n) is 1.57. The standard InChI is InChI=1S/C7H14O3.C4H10O2/c1-3-4-5-10-7(9)6(2)8;1-5-3-4-6-2/h6,8H,3-5H2,1-2H3;3-4H2,1-2H3. The van der Waals surface area contributed by atoms with E-state index in [0.29, 0.717) is 19.8 Å². The van der Waals surface area contributed by atoms with Gasteiger partial charge >= 0.3 is 5.97 Å². The van der Waals surface area contributed by atoms with E-state index in [2.05, 4.69) is 14.2 Å². The van der Waals surface area contributed by atoms with E-state index < -0.39 is 12.1 Å². The normalized spacial score (nSPS) is 11.3. The first-order chi connectivity index (χ1) is 7.59. The lowest BCUT2D eigenvalue weighted by molar-refractivity contribution is -0.152. The highest BCUT2D eigenvalue weighted by Gasteiger charge is 2.08. The van der Waals surface area contributed by atoms with Gasteiger partial charge in [0.2, 0.25) is 0 Å². The average molecular weight is 236 g/mol. The van der Waals surface area contributed by atoms with Crippen LogP contribution in [0.4, 0.5) is 0 Å². The topological polar surface area (TPSA) is 65.0 Å². The second-order valence-electron chi connectivity index (χ2n) is 3.18. The number of carbonyl (C=O) groups is 1. The third-order valence-corrected chi connectivity index (χ3v) is 1.57. The van der Waals surface area contributed by atoms with Gasteiger partial charge in [0.05, 0.1) is 19.8 Å². The van der Waals surface area contributed by atoms with E-state index in [-0.39, 0.29) is 0 Å². The van der Waals surface area contributed by atoms with E-state index in [1.807, 2.05) is 6.92 Å². The molecule has 0 amide bonds. The van der Waals surface area contributed by atoms with Gasteiger partial charge in [0.15, 0.2) is 0 Å². The summed E-state index contributed by atoms with van der Waals surface area (Å²) < 4.78 is 14.0. The summed E-state index contributed by atoms with van der Waals surface area (Å²) in [4.78, 5) is 10.5. The number of hydrogen-bond acceptors (Lipinski definition) is 5. The van der Waals surface area contributed by atoms with Crippen molar-refractivity contribution in [1.29, 1.82) is 0 Å². The van der Waals surface area contributed by atoms with Gasteiger partial charge in [0.1, 0.15) is 6.10 Å². The van der Waals surface area contributed by atoms with Crippen LogP contribution in [0.1, 0.15) is 26.7 Å². The number of hydrogen-bond donors (Lipinski definition) is 1. The minimum absolute atomic E-state index is 0.417. The maximum Gasteiger partial charge on any atom is 0.334 e. The molecule has 0 bridgehead atoms. The van der Waals surface area contributed by atoms with Crippen LogP contribution in [0, 0.1) is 0 Å². The van der Waals surface area contributed by atoms with Gasteiger partial charge in [-0.1, -0.05) is 13.3 Å². The van der Waals surface area contributed by atoms with Crippen molar-refractivity contribution < 1.29 is 24.1 Å². The molecule has 0 heterocycles. The zero-order valence-corrected chi connectivity index (χ0v) is 10.7. The molecule has 0 spiro atoms. The van der Waals surface area contributed by atoms with Crippen LogP contribution >= 0.6 is 0 Å². The molecule has 0 aromatic carbocycles. The lowest BCUT2D eigenvalue weighted by Crippen LogP contribution is -2.19. The number of ether oxygens (including phenoxy) is 3. The number of methoxy groups -OCH3 is 2. The van der Waals surface area contributed by atoms with Crippen molar-refractivity contribution in [3.63, 3.8) is 0 Å². The highest BCUT2D eigenvalue weighted by molar-refractivity contribution is 5.73. The summed E-state index contributed by atoms with van der Waals surface area (Å²) in [6.45, 7) is 5.21. The summed E-state index contributed by atoms with van der Waals surface area (Å²) in [6.07, 6.45) is 0.864. The lowest BCUT2D eigenvalue weighted by Gasteiger charge is -2.04. The molecule has 0 saturated heterocycles. The monoisotopic (exact) mass is 236 g/mol. The average Bonchev–Trinajstić information content (AvgIpc) is 2.27. The van der Waals surface area contributed by atoms with Crippen molar-refractivity contribution in [2.24, 2.45) is 0 Å². The summed E-state index contributed by atoms with van der Waals surface area (Å²) in [7, 11) is 3.30. The number of carbonyl (C=O) groups excluding carboxylic acids is 1. The maximum atomic E-state index is 10.5. The van der Waals surface area contributed by atoms with Crippen LogP contribution in [0.15, 0.2) is 0 Å². The molecule has 5 nitrogen and oxygen atoms in total. The largest absolute Gasteiger partial charge is 0.464 e. The third kappa shape index (κ3) is 15.8. The van der Waals surface area contributed by atoms with Gasteiger partial charge in [-0.25, -0.2) is 4.79 Å². The highest BCUT2D eigenvalue weighted by atomic mass is 16.5. The van der Waals surface area contributed by atoms with Crippen molar-refractivity contribution >= 4 is 5.97 Å². The molecule has 5 heteroatoms. The van der Waals surface area contributed by atoms with Crippen molar-refractivity contribution in [2.75, 3.05) is 34.0 Å². The second-order valence-corrected chi connectivity index (χ2v) is 3.18. The Kier molecular flexibility index (Phi) is 15.9. The smallest absolute Gasteiger partial charge is 0.334 e. The van der Waals surface area contributed by atoms with E-state index >= 15 is 0 Å². The van der Waals surface area contributed by atoms with Gasteiger partial charge in [-0.2, -0.15) is 0 Å². The second kappa shape index (κ2) is 14.3. The Hall–Kier alpha value is -0.650. The molecule has 16 heavy (non-hydrogen) atoms. The van der Waals surface area contributed by atoms with Gasteiger partial charge in [0.25, 0.3) is 0 Å². The predicted molar refractivity (Wildman–Crippen MR) is 61.3 cm³/mol. The minimum atomic E-state index is -0.989. The quantitative estimate of drug-likeness (QED) is 0.527. The molecule has 0 fully saturated rings. The fourth-order valence-electron chi connectivity index (χ4n) is 0.604. The Morgan fingerprint density at radius 1 is 1.19 bits per heavy atom. The lowest BCUT2D eigenvalue weighted by atomic mass is 10.3. The Balaban J connectivity index is 0. The predicted octanol–water partition coefficient (Wildman–Crippen LogP) is 0.990. The zero-order valence-electron chi connectivity index (χ0n) is 10.7. The fourth-order valence-corrected chi connectivity index (χ4v) is 0.604. The Labute approximate surface area is 97.7 Å². The molecular formula is C11H24O5. The van der Waals surface area contributed by atoms with Crippen molar-refractivity contribution in [2.45, 2.75) is 32.8 Å². The van der Waals surface area contributed by atoms with E-state index in [1.54, 1.807) is 14.2 Å². The molecule has 0 rings (SSSR count). The molecule has 0 aromatic rings. The summed E-state index contributed by atoms with van der Waals surface area (Å²) >= 11 is 0. The van der Waals surface area contributed by atoms with Crippen LogP contribution in [-0.4, -0.2) is 51.2 Å². The fraction of sp³-hybridized carbons (Fsp3) is 0.909. The SMILES string of the molecule is CCCCOC(=O)C(C)O.COCCOC. The van der Waals surface area contributed by atoms with E-state index in [4.69, 9.17) is 5.11 Å². The first kappa shape index (κ1) is 17.7. The number of unbranched alkanes of at least 4 members (excludes halogenated alkanes) is 1. The number of aliphatic hydroxyl groups excluding tert-OH is 1. The van der Waals surface area contributed by atoms with Crippen molar-refractivity contribution in [3.8, 4) is 0 Å². The van der Waals surface area contributed by atoms with Crippen LogP contribution in [0.25, 0.3) is 0 Å². The summed E-state index contributed by atoms with van der Waals surface area (Å²) in [5, 5.41) is 8.65. The molecule has 0 aliphatic rings. The summed E-state index contributed by atoms with van der Waals surface area (Å²) in [6, 6.07) is 0. The van der Waals surface area contributed by atoms with E-state index in [9.17, 15) is 4.79 Å². The molecule has 0 aliphatic carbocycles. The number of rotatable bonds is 7. The van der Waals surface area contributed by atoms with Crippen molar-refractivity contribution in [1.82, 2.24) is 0 Å². The molecule has 0 aromatic heterocycles. The Morgan fingerprint density at radius 3 is 2.00 bits per heavy atom. The summed E-state index contributed by atoms with van der Waals surface area (Å²) in [5.41, 5.74) is 0. The van der Waals surface area contributed by atoms with Gasteiger partial charge in [-0.3, -0.25) is 0 Å². The van der Waals surface area contributed by atoms with Gasteiger partial charge in [-0.15, -0.1) is 0 Å². The van der Waals surface area contributed by atoms with Crippen LogP contribution < -0.4 is 0 Å². The van der Waals surface area contributed by atoms with E-state index in [0.717, 1.165) is 12.8 Å². The number of aliphatic hydroxyl groups is 1. The summed E-state index contributed by atoms with van der Waals surface area (Å²) in [5.74, 6) is -0.534. The molecule has 1 N–H and O–H groups in total. The number of esters is 1. The van der Waals surface area contributed by atoms with Crippen LogP contribution in [0.5, 0.6) is 0 Å². The first-order valence-corrected chi connectivity index (χ1v) is 5.42. The molecular weight excluding hydrogens is 212 g/mol.